The van der Waals surface area contributed by atoms with Crippen LogP contribution in [0.3, 0.4) is 0 Å². The van der Waals surface area contributed by atoms with Gasteiger partial charge in [0.25, 0.3) is 5.91 Å². The molecule has 0 saturated heterocycles. The van der Waals surface area contributed by atoms with Gasteiger partial charge in [0.2, 0.25) is 0 Å². The fourth-order valence-corrected chi connectivity index (χ4v) is 2.81. The van der Waals surface area contributed by atoms with Crippen LogP contribution in [0.1, 0.15) is 37.5 Å². The standard InChI is InChI=1S/C17H17N3O4/c1-10-5-12(19-18-8-10)9-20-4-3-13-14(16(20)22)6-11(7-15(13)21)17(23)24-2/h5-8,21H,3-4,9H2,1-2H3. The number of benzene rings is 1. The summed E-state index contributed by atoms with van der Waals surface area (Å²) in [6, 6.07) is 4.68. The highest BCUT2D eigenvalue weighted by Crippen LogP contribution is 2.29. The normalized spacial score (nSPS) is 13.6. The van der Waals surface area contributed by atoms with Gasteiger partial charge in [-0.05, 0) is 37.1 Å². The number of aromatic nitrogens is 2. The third kappa shape index (κ3) is 2.92. The lowest BCUT2D eigenvalue weighted by atomic mass is 9.95. The van der Waals surface area contributed by atoms with Crippen molar-refractivity contribution in [1.82, 2.24) is 15.1 Å². The van der Waals surface area contributed by atoms with Crippen LogP contribution in [0.15, 0.2) is 24.4 Å². The van der Waals surface area contributed by atoms with Crippen LogP contribution in [0.25, 0.3) is 0 Å². The average Bonchev–Trinajstić information content (AvgIpc) is 2.57. The number of methoxy groups -OCH3 is 1. The predicted octanol–water partition coefficient (Wildman–Crippen LogP) is 1.48. The van der Waals surface area contributed by atoms with E-state index in [4.69, 9.17) is 0 Å². The summed E-state index contributed by atoms with van der Waals surface area (Å²) in [6.45, 7) is 2.70. The second kappa shape index (κ2) is 6.27. The number of ether oxygens (including phenoxy) is 1. The van der Waals surface area contributed by atoms with Gasteiger partial charge in [0, 0.05) is 17.7 Å². The third-order valence-electron chi connectivity index (χ3n) is 3.99. The van der Waals surface area contributed by atoms with E-state index in [1.807, 2.05) is 13.0 Å². The number of aromatic hydroxyl groups is 1. The summed E-state index contributed by atoms with van der Waals surface area (Å²) in [5, 5.41) is 18.0. The molecule has 7 nitrogen and oxygen atoms in total. The Balaban J connectivity index is 1.91. The van der Waals surface area contributed by atoms with Crippen molar-refractivity contribution in [2.75, 3.05) is 13.7 Å². The smallest absolute Gasteiger partial charge is 0.338 e. The van der Waals surface area contributed by atoms with Gasteiger partial charge in [-0.2, -0.15) is 10.2 Å². The number of hydrogen-bond donors (Lipinski definition) is 1. The third-order valence-corrected chi connectivity index (χ3v) is 3.99. The Labute approximate surface area is 138 Å². The zero-order chi connectivity index (χ0) is 17.3. The molecule has 1 aliphatic heterocycles. The topological polar surface area (TPSA) is 92.6 Å². The molecule has 0 radical (unpaired) electrons. The fourth-order valence-electron chi connectivity index (χ4n) is 2.81. The Bertz CT molecular complexity index is 819. The number of carbonyl (C=O) groups excluding carboxylic acids is 2. The second-order valence-electron chi connectivity index (χ2n) is 5.71. The van der Waals surface area contributed by atoms with Gasteiger partial charge >= 0.3 is 5.97 Å². The molecule has 1 aromatic heterocycles. The first-order chi connectivity index (χ1) is 11.5. The maximum atomic E-state index is 12.7. The molecule has 2 heterocycles. The molecule has 124 valence electrons. The van der Waals surface area contributed by atoms with Gasteiger partial charge < -0.3 is 14.7 Å². The van der Waals surface area contributed by atoms with E-state index in [0.29, 0.717) is 36.3 Å². The molecule has 0 spiro atoms. The van der Waals surface area contributed by atoms with Crippen molar-refractivity contribution in [2.45, 2.75) is 19.9 Å². The molecule has 0 bridgehead atoms. The van der Waals surface area contributed by atoms with Crippen LogP contribution in [0.5, 0.6) is 5.75 Å². The van der Waals surface area contributed by atoms with Crippen molar-refractivity contribution in [3.8, 4) is 5.75 Å². The summed E-state index contributed by atoms with van der Waals surface area (Å²) in [5.74, 6) is -0.903. The van der Waals surface area contributed by atoms with Gasteiger partial charge in [0.15, 0.2) is 0 Å². The molecule has 0 saturated carbocycles. The predicted molar refractivity (Wildman–Crippen MR) is 84.7 cm³/mol. The van der Waals surface area contributed by atoms with E-state index in [0.717, 1.165) is 5.56 Å². The van der Waals surface area contributed by atoms with Crippen LogP contribution in [0.4, 0.5) is 0 Å². The average molecular weight is 327 g/mol. The molecule has 1 aliphatic rings. The number of rotatable bonds is 3. The zero-order valence-electron chi connectivity index (χ0n) is 13.4. The SMILES string of the molecule is COC(=O)c1cc(O)c2c(c1)C(=O)N(Cc1cc(C)cnn1)CC2. The van der Waals surface area contributed by atoms with E-state index in [2.05, 4.69) is 14.9 Å². The highest BCUT2D eigenvalue weighted by molar-refractivity contribution is 6.00. The summed E-state index contributed by atoms with van der Waals surface area (Å²) < 4.78 is 4.66. The number of carbonyl (C=O) groups is 2. The van der Waals surface area contributed by atoms with E-state index in [1.165, 1.54) is 19.2 Å². The molecule has 1 aromatic carbocycles. The molecule has 1 amide bonds. The molecule has 0 fully saturated rings. The second-order valence-corrected chi connectivity index (χ2v) is 5.71. The maximum absolute atomic E-state index is 12.7. The Morgan fingerprint density at radius 1 is 1.38 bits per heavy atom. The van der Waals surface area contributed by atoms with Crippen molar-refractivity contribution in [2.24, 2.45) is 0 Å². The van der Waals surface area contributed by atoms with Gasteiger partial charge in [-0.3, -0.25) is 4.79 Å². The lowest BCUT2D eigenvalue weighted by Gasteiger charge is -2.29. The van der Waals surface area contributed by atoms with Gasteiger partial charge in [-0.1, -0.05) is 0 Å². The van der Waals surface area contributed by atoms with Crippen LogP contribution in [-0.2, 0) is 17.7 Å². The number of phenols is 1. The summed E-state index contributed by atoms with van der Waals surface area (Å²) in [4.78, 5) is 26.1. The summed E-state index contributed by atoms with van der Waals surface area (Å²) in [5.41, 5.74) is 2.69. The van der Waals surface area contributed by atoms with E-state index in [-0.39, 0.29) is 17.2 Å². The lowest BCUT2D eigenvalue weighted by Crippen LogP contribution is -2.37. The Morgan fingerprint density at radius 3 is 2.88 bits per heavy atom. The summed E-state index contributed by atoms with van der Waals surface area (Å²) in [6.07, 6.45) is 2.16. The number of phenolic OH excluding ortho intramolecular Hbond substituents is 1. The molecule has 2 aromatic rings. The molecule has 1 N–H and O–H groups in total. The van der Waals surface area contributed by atoms with E-state index in [1.54, 1.807) is 11.1 Å². The number of hydrogen-bond acceptors (Lipinski definition) is 6. The van der Waals surface area contributed by atoms with E-state index < -0.39 is 5.97 Å². The first-order valence-electron chi connectivity index (χ1n) is 7.51. The van der Waals surface area contributed by atoms with Crippen molar-refractivity contribution >= 4 is 11.9 Å². The zero-order valence-corrected chi connectivity index (χ0v) is 13.4. The molecule has 0 aliphatic carbocycles. The summed E-state index contributed by atoms with van der Waals surface area (Å²) >= 11 is 0. The van der Waals surface area contributed by atoms with E-state index >= 15 is 0 Å². The van der Waals surface area contributed by atoms with Crippen LogP contribution < -0.4 is 0 Å². The van der Waals surface area contributed by atoms with Crippen LogP contribution in [0.2, 0.25) is 0 Å². The Kier molecular flexibility index (Phi) is 4.16. The van der Waals surface area contributed by atoms with Gasteiger partial charge in [-0.15, -0.1) is 0 Å². The molecule has 0 unspecified atom stereocenters. The number of nitrogens with zero attached hydrogens (tertiary/aromatic N) is 3. The van der Waals surface area contributed by atoms with Crippen molar-refractivity contribution in [3.05, 3.63) is 52.3 Å². The van der Waals surface area contributed by atoms with Gasteiger partial charge in [0.05, 0.1) is 31.1 Å². The number of amides is 1. The van der Waals surface area contributed by atoms with Crippen molar-refractivity contribution in [3.63, 3.8) is 0 Å². The largest absolute Gasteiger partial charge is 0.508 e. The minimum Gasteiger partial charge on any atom is -0.508 e. The molecule has 7 heteroatoms. The molecule has 0 atom stereocenters. The number of fused-ring (bicyclic) bond motifs is 1. The van der Waals surface area contributed by atoms with Gasteiger partial charge in [-0.25, -0.2) is 4.79 Å². The summed E-state index contributed by atoms with van der Waals surface area (Å²) in [7, 11) is 1.25. The van der Waals surface area contributed by atoms with Crippen LogP contribution in [0, 0.1) is 6.92 Å². The Morgan fingerprint density at radius 2 is 2.17 bits per heavy atom. The molecule has 3 rings (SSSR count). The Hall–Kier alpha value is -2.96. The lowest BCUT2D eigenvalue weighted by molar-refractivity contribution is 0.0600. The van der Waals surface area contributed by atoms with Crippen LogP contribution in [-0.4, -0.2) is 45.7 Å². The maximum Gasteiger partial charge on any atom is 0.338 e. The number of esters is 1. The molecular formula is C17H17N3O4. The first-order valence-corrected chi connectivity index (χ1v) is 7.51. The quantitative estimate of drug-likeness (QED) is 0.858. The monoisotopic (exact) mass is 327 g/mol. The van der Waals surface area contributed by atoms with Crippen molar-refractivity contribution < 1.29 is 19.4 Å². The minimum atomic E-state index is -0.595. The number of aryl methyl sites for hydroxylation is 1. The van der Waals surface area contributed by atoms with Gasteiger partial charge in [0.1, 0.15) is 5.75 Å². The highest BCUT2D eigenvalue weighted by atomic mass is 16.5. The first kappa shape index (κ1) is 15.9. The van der Waals surface area contributed by atoms with E-state index in [9.17, 15) is 14.7 Å². The van der Waals surface area contributed by atoms with Crippen LogP contribution >= 0.6 is 0 Å². The highest BCUT2D eigenvalue weighted by Gasteiger charge is 2.28. The molecular weight excluding hydrogens is 310 g/mol. The fraction of sp³-hybridized carbons (Fsp3) is 0.294. The molecule has 24 heavy (non-hydrogen) atoms. The van der Waals surface area contributed by atoms with Crippen molar-refractivity contribution in [1.29, 1.82) is 0 Å². The minimum absolute atomic E-state index is 0.0590.